The fraction of sp³-hybridized carbons (Fsp3) is 0.375. The molecule has 0 radical (unpaired) electrons. The van der Waals surface area contributed by atoms with Crippen molar-refractivity contribution in [3.05, 3.63) is 69.4 Å². The van der Waals surface area contributed by atoms with Gasteiger partial charge in [-0.2, -0.15) is 0 Å². The Hall–Kier alpha value is -2.34. The van der Waals surface area contributed by atoms with Gasteiger partial charge in [-0.15, -0.1) is 0 Å². The van der Waals surface area contributed by atoms with Crippen LogP contribution in [-0.4, -0.2) is 43.7 Å². The summed E-state index contributed by atoms with van der Waals surface area (Å²) < 4.78 is 11.4. The third kappa shape index (κ3) is 4.24. The molecule has 0 aliphatic carbocycles. The van der Waals surface area contributed by atoms with Gasteiger partial charge < -0.3 is 14.5 Å². The Labute approximate surface area is 181 Å². The van der Waals surface area contributed by atoms with Gasteiger partial charge in [0.2, 0.25) is 0 Å². The fourth-order valence-corrected chi connectivity index (χ4v) is 4.12. The zero-order chi connectivity index (χ0) is 21.3. The predicted molar refractivity (Wildman–Crippen MR) is 119 cm³/mol. The molecular formula is C24H27ClN2O3. The highest BCUT2D eigenvalue weighted by atomic mass is 35.5. The number of aryl methyl sites for hydroxylation is 3. The van der Waals surface area contributed by atoms with Gasteiger partial charge in [0.1, 0.15) is 5.58 Å². The van der Waals surface area contributed by atoms with Gasteiger partial charge in [0, 0.05) is 35.6 Å². The number of carbonyl (C=O) groups is 1. The Kier molecular flexibility index (Phi) is 6.14. The lowest BCUT2D eigenvalue weighted by atomic mass is 10.0. The monoisotopic (exact) mass is 426 g/mol. The number of morpholine rings is 1. The number of furan rings is 1. The topological polar surface area (TPSA) is 54.7 Å². The summed E-state index contributed by atoms with van der Waals surface area (Å²) in [4.78, 5) is 15.3. The first-order chi connectivity index (χ1) is 14.4. The number of ether oxygens (including phenoxy) is 1. The molecular weight excluding hydrogens is 400 g/mol. The molecule has 1 atom stereocenters. The van der Waals surface area contributed by atoms with E-state index in [1.165, 1.54) is 5.56 Å². The lowest BCUT2D eigenvalue weighted by molar-refractivity contribution is 0.0161. The molecule has 1 aliphatic heterocycles. The number of hydrogen-bond donors (Lipinski definition) is 1. The Balaban J connectivity index is 1.55. The van der Waals surface area contributed by atoms with Crippen molar-refractivity contribution in [3.8, 4) is 0 Å². The number of nitrogens with one attached hydrogen (secondary N) is 1. The molecule has 1 saturated heterocycles. The van der Waals surface area contributed by atoms with E-state index in [0.717, 1.165) is 40.7 Å². The summed E-state index contributed by atoms with van der Waals surface area (Å²) in [7, 11) is 0. The lowest BCUT2D eigenvalue weighted by Crippen LogP contribution is -2.43. The van der Waals surface area contributed by atoms with Crippen molar-refractivity contribution in [1.82, 2.24) is 10.2 Å². The van der Waals surface area contributed by atoms with E-state index in [0.29, 0.717) is 30.5 Å². The van der Waals surface area contributed by atoms with Crippen molar-refractivity contribution in [3.63, 3.8) is 0 Å². The maximum Gasteiger partial charge on any atom is 0.287 e. The van der Waals surface area contributed by atoms with Gasteiger partial charge in [-0.3, -0.25) is 9.69 Å². The first-order valence-electron chi connectivity index (χ1n) is 10.3. The standard InChI is InChI=1S/C24H27ClN2O3/c1-15-12-20-17(3)23(30-22(20)13-16(15)2)24(28)26-14-21(27-8-10-29-11-9-27)18-4-6-19(25)7-5-18/h4-7,12-13,21H,8-11,14H2,1-3H3,(H,26,28)/t21-/m0/s1. The average Bonchev–Trinajstić information content (AvgIpc) is 3.06. The largest absolute Gasteiger partial charge is 0.451 e. The molecule has 6 heteroatoms. The van der Waals surface area contributed by atoms with E-state index in [4.69, 9.17) is 20.8 Å². The predicted octanol–water partition coefficient (Wildman–Crippen LogP) is 4.81. The SMILES string of the molecule is Cc1cc2oc(C(=O)NC[C@@H](c3ccc(Cl)cc3)N3CCOCC3)c(C)c2cc1C. The number of carbonyl (C=O) groups excluding carboxylic acids is 1. The van der Waals surface area contributed by atoms with Crippen LogP contribution in [0.3, 0.4) is 0 Å². The van der Waals surface area contributed by atoms with Crippen LogP contribution in [0.5, 0.6) is 0 Å². The summed E-state index contributed by atoms with van der Waals surface area (Å²) >= 11 is 6.07. The van der Waals surface area contributed by atoms with Crippen LogP contribution < -0.4 is 5.32 Å². The fourth-order valence-electron chi connectivity index (χ4n) is 3.99. The van der Waals surface area contributed by atoms with Crippen molar-refractivity contribution >= 4 is 28.5 Å². The molecule has 3 aromatic rings. The van der Waals surface area contributed by atoms with Gasteiger partial charge in [0.15, 0.2) is 5.76 Å². The van der Waals surface area contributed by atoms with E-state index in [-0.39, 0.29) is 11.9 Å². The van der Waals surface area contributed by atoms with Crippen LogP contribution in [0.1, 0.15) is 38.9 Å². The maximum atomic E-state index is 13.0. The van der Waals surface area contributed by atoms with Gasteiger partial charge in [-0.05, 0) is 61.7 Å². The zero-order valence-corrected chi connectivity index (χ0v) is 18.4. The van der Waals surface area contributed by atoms with Crippen LogP contribution in [0.25, 0.3) is 11.0 Å². The summed E-state index contributed by atoms with van der Waals surface area (Å²) in [6, 6.07) is 12.0. The summed E-state index contributed by atoms with van der Waals surface area (Å²) in [5.41, 5.74) is 5.09. The van der Waals surface area contributed by atoms with E-state index in [9.17, 15) is 4.79 Å². The van der Waals surface area contributed by atoms with E-state index in [1.54, 1.807) is 0 Å². The highest BCUT2D eigenvalue weighted by Gasteiger charge is 2.25. The molecule has 1 amide bonds. The second-order valence-corrected chi connectivity index (χ2v) is 8.35. The van der Waals surface area contributed by atoms with Crippen molar-refractivity contribution in [1.29, 1.82) is 0 Å². The molecule has 5 nitrogen and oxygen atoms in total. The third-order valence-corrected chi connectivity index (χ3v) is 6.21. The summed E-state index contributed by atoms with van der Waals surface area (Å²) in [5, 5.41) is 4.78. The van der Waals surface area contributed by atoms with Crippen LogP contribution in [0.2, 0.25) is 5.02 Å². The number of benzene rings is 2. The molecule has 158 valence electrons. The highest BCUT2D eigenvalue weighted by molar-refractivity contribution is 6.30. The second-order valence-electron chi connectivity index (χ2n) is 7.91. The molecule has 1 fully saturated rings. The number of rotatable bonds is 5. The van der Waals surface area contributed by atoms with Crippen molar-refractivity contribution in [2.24, 2.45) is 0 Å². The third-order valence-electron chi connectivity index (χ3n) is 5.96. The molecule has 2 aromatic carbocycles. The number of nitrogens with zero attached hydrogens (tertiary/aromatic N) is 1. The van der Waals surface area contributed by atoms with Crippen molar-refractivity contribution in [2.75, 3.05) is 32.8 Å². The van der Waals surface area contributed by atoms with Crippen LogP contribution in [0.4, 0.5) is 0 Å². The quantitative estimate of drug-likeness (QED) is 0.635. The number of fused-ring (bicyclic) bond motifs is 1. The highest BCUT2D eigenvalue weighted by Crippen LogP contribution is 2.28. The molecule has 0 spiro atoms. The number of amides is 1. The Morgan fingerprint density at radius 1 is 1.10 bits per heavy atom. The van der Waals surface area contributed by atoms with Gasteiger partial charge in [-0.25, -0.2) is 0 Å². The smallest absolute Gasteiger partial charge is 0.287 e. The summed E-state index contributed by atoms with van der Waals surface area (Å²) in [6.07, 6.45) is 0. The molecule has 1 N–H and O–H groups in total. The van der Waals surface area contributed by atoms with Gasteiger partial charge in [0.05, 0.1) is 19.3 Å². The van der Waals surface area contributed by atoms with Gasteiger partial charge in [0.25, 0.3) is 5.91 Å². The first-order valence-corrected chi connectivity index (χ1v) is 10.7. The van der Waals surface area contributed by atoms with E-state index >= 15 is 0 Å². The molecule has 30 heavy (non-hydrogen) atoms. The van der Waals surface area contributed by atoms with Crippen LogP contribution >= 0.6 is 11.6 Å². The molecule has 1 aliphatic rings. The average molecular weight is 427 g/mol. The molecule has 0 unspecified atom stereocenters. The molecule has 0 bridgehead atoms. The van der Waals surface area contributed by atoms with Crippen LogP contribution in [0.15, 0.2) is 40.8 Å². The molecule has 1 aromatic heterocycles. The number of hydrogen-bond acceptors (Lipinski definition) is 4. The normalized spacial score (nSPS) is 16.0. The van der Waals surface area contributed by atoms with Crippen molar-refractivity contribution in [2.45, 2.75) is 26.8 Å². The van der Waals surface area contributed by atoms with Gasteiger partial charge in [-0.1, -0.05) is 23.7 Å². The maximum absolute atomic E-state index is 13.0. The minimum Gasteiger partial charge on any atom is -0.451 e. The van der Waals surface area contributed by atoms with Gasteiger partial charge >= 0.3 is 0 Å². The number of halogens is 1. The van der Waals surface area contributed by atoms with Crippen molar-refractivity contribution < 1.29 is 13.9 Å². The van der Waals surface area contributed by atoms with E-state index in [2.05, 4.69) is 23.2 Å². The first kappa shape index (κ1) is 20.9. The Morgan fingerprint density at radius 3 is 2.47 bits per heavy atom. The Bertz CT molecular complexity index is 1050. The van der Waals surface area contributed by atoms with Crippen LogP contribution in [0, 0.1) is 20.8 Å². The Morgan fingerprint density at radius 2 is 1.77 bits per heavy atom. The minimum absolute atomic E-state index is 0.0456. The van der Waals surface area contributed by atoms with E-state index in [1.807, 2.05) is 44.2 Å². The zero-order valence-electron chi connectivity index (χ0n) is 17.6. The lowest BCUT2D eigenvalue weighted by Gasteiger charge is -2.34. The van der Waals surface area contributed by atoms with E-state index < -0.39 is 0 Å². The minimum atomic E-state index is -0.189. The van der Waals surface area contributed by atoms with Crippen LogP contribution in [-0.2, 0) is 4.74 Å². The molecule has 4 rings (SSSR count). The summed E-state index contributed by atoms with van der Waals surface area (Å²) in [5.74, 6) is 0.193. The molecule has 0 saturated carbocycles. The molecule has 2 heterocycles. The second kappa shape index (κ2) is 8.80. The summed E-state index contributed by atoms with van der Waals surface area (Å²) in [6.45, 7) is 9.57.